The fourth-order valence-corrected chi connectivity index (χ4v) is 3.72. The summed E-state index contributed by atoms with van der Waals surface area (Å²) in [5, 5.41) is 13.9. The molecule has 1 N–H and O–H groups in total. The highest BCUT2D eigenvalue weighted by molar-refractivity contribution is 9.10. The summed E-state index contributed by atoms with van der Waals surface area (Å²) in [7, 11) is 0. The van der Waals surface area contributed by atoms with Gasteiger partial charge in [0.25, 0.3) is 5.69 Å². The van der Waals surface area contributed by atoms with Gasteiger partial charge in [-0.2, -0.15) is 0 Å². The number of nitrogens with zero attached hydrogens (tertiary/aromatic N) is 2. The average Bonchev–Trinajstić information content (AvgIpc) is 2.55. The lowest BCUT2D eigenvalue weighted by molar-refractivity contribution is -0.385. The van der Waals surface area contributed by atoms with Gasteiger partial charge in [-0.3, -0.25) is 15.0 Å². The van der Waals surface area contributed by atoms with Crippen LogP contribution in [0, 0.1) is 10.1 Å². The number of rotatable bonds is 2. The van der Waals surface area contributed by atoms with Crippen molar-refractivity contribution < 1.29 is 14.5 Å². The van der Waals surface area contributed by atoms with Crippen LogP contribution in [0.25, 0.3) is 0 Å². The molecule has 1 saturated heterocycles. The van der Waals surface area contributed by atoms with Crippen LogP contribution in [0.1, 0.15) is 24.9 Å². The van der Waals surface area contributed by atoms with Gasteiger partial charge >= 0.3 is 6.03 Å². The molecule has 2 aromatic rings. The van der Waals surface area contributed by atoms with E-state index in [2.05, 4.69) is 21.2 Å². The summed E-state index contributed by atoms with van der Waals surface area (Å²) >= 11 is 3.39. The number of non-ortho nitro benzene ring substituents is 1. The fourth-order valence-electron chi connectivity index (χ4n) is 3.46. The number of carbonyl (C=O) groups is 1. The molecule has 0 aromatic heterocycles. The molecule has 0 radical (unpaired) electrons. The summed E-state index contributed by atoms with van der Waals surface area (Å²) in [5.41, 5.74) is 0.460. The van der Waals surface area contributed by atoms with Crippen molar-refractivity contribution in [2.24, 2.45) is 0 Å². The Hall–Kier alpha value is -2.61. The SMILES string of the molecule is CC12CC(NC(=O)N1c1ccc(Br)cc1)c1cc([N+](=O)[O-])ccc1O2. The lowest BCUT2D eigenvalue weighted by atomic mass is 9.90. The van der Waals surface area contributed by atoms with Crippen LogP contribution in [0.15, 0.2) is 46.9 Å². The van der Waals surface area contributed by atoms with Gasteiger partial charge in [0.1, 0.15) is 5.75 Å². The second-order valence-electron chi connectivity index (χ2n) is 6.27. The molecule has 7 nitrogen and oxygen atoms in total. The Labute approximate surface area is 151 Å². The Kier molecular flexibility index (Phi) is 3.47. The maximum atomic E-state index is 12.7. The number of hydrogen-bond acceptors (Lipinski definition) is 4. The highest BCUT2D eigenvalue weighted by Gasteiger charge is 2.50. The van der Waals surface area contributed by atoms with Gasteiger partial charge in [-0.05, 0) is 37.3 Å². The molecule has 2 bridgehead atoms. The van der Waals surface area contributed by atoms with E-state index in [9.17, 15) is 14.9 Å². The minimum Gasteiger partial charge on any atom is -0.467 e. The summed E-state index contributed by atoms with van der Waals surface area (Å²) < 4.78 is 7.04. The first-order valence-corrected chi connectivity index (χ1v) is 8.50. The average molecular weight is 404 g/mol. The van der Waals surface area contributed by atoms with E-state index in [4.69, 9.17) is 4.74 Å². The number of urea groups is 1. The normalized spacial score (nSPS) is 24.2. The maximum absolute atomic E-state index is 12.7. The Morgan fingerprint density at radius 2 is 2.04 bits per heavy atom. The number of nitro benzene ring substituents is 1. The second kappa shape index (κ2) is 5.45. The molecular weight excluding hydrogens is 390 g/mol. The van der Waals surface area contributed by atoms with E-state index >= 15 is 0 Å². The highest BCUT2D eigenvalue weighted by atomic mass is 79.9. The molecule has 0 saturated carbocycles. The van der Waals surface area contributed by atoms with E-state index in [1.807, 2.05) is 31.2 Å². The van der Waals surface area contributed by atoms with Crippen LogP contribution in [0.5, 0.6) is 5.75 Å². The molecule has 2 amide bonds. The van der Waals surface area contributed by atoms with Gasteiger partial charge in [0.2, 0.25) is 0 Å². The highest BCUT2D eigenvalue weighted by Crippen LogP contribution is 2.46. The summed E-state index contributed by atoms with van der Waals surface area (Å²) in [6.07, 6.45) is 0.489. The zero-order chi connectivity index (χ0) is 17.8. The predicted octanol–water partition coefficient (Wildman–Crippen LogP) is 4.13. The zero-order valence-corrected chi connectivity index (χ0v) is 14.8. The first kappa shape index (κ1) is 15.9. The minimum absolute atomic E-state index is 0.0180. The number of benzene rings is 2. The van der Waals surface area contributed by atoms with Gasteiger partial charge in [-0.1, -0.05) is 15.9 Å². The standard InChI is InChI=1S/C17H14BrN3O4/c1-17-9-14(13-8-12(21(23)24)6-7-15(13)25-17)19-16(22)20(17)11-4-2-10(18)3-5-11/h2-8,14H,9H2,1H3,(H,19,22). The van der Waals surface area contributed by atoms with Crippen molar-refractivity contribution in [3.05, 3.63) is 62.6 Å². The van der Waals surface area contributed by atoms with Gasteiger partial charge in [0.05, 0.1) is 11.0 Å². The largest absolute Gasteiger partial charge is 0.467 e. The van der Waals surface area contributed by atoms with Crippen molar-refractivity contribution in [2.75, 3.05) is 4.90 Å². The molecule has 2 aliphatic rings. The Morgan fingerprint density at radius 3 is 2.72 bits per heavy atom. The first-order chi connectivity index (χ1) is 11.9. The topological polar surface area (TPSA) is 84.7 Å². The number of ether oxygens (including phenoxy) is 1. The van der Waals surface area contributed by atoms with Crippen molar-refractivity contribution in [3.63, 3.8) is 0 Å². The molecule has 8 heteroatoms. The molecule has 0 spiro atoms. The number of hydrogen-bond donors (Lipinski definition) is 1. The van der Waals surface area contributed by atoms with Crippen molar-refractivity contribution in [1.29, 1.82) is 0 Å². The van der Waals surface area contributed by atoms with Crippen LogP contribution in [0.4, 0.5) is 16.2 Å². The molecule has 1 fully saturated rings. The van der Waals surface area contributed by atoms with Crippen molar-refractivity contribution >= 4 is 33.3 Å². The number of carbonyl (C=O) groups excluding carboxylic acids is 1. The number of nitrogens with one attached hydrogen (secondary N) is 1. The molecule has 2 heterocycles. The Bertz CT molecular complexity index is 886. The second-order valence-corrected chi connectivity index (χ2v) is 7.19. The van der Waals surface area contributed by atoms with Gasteiger partial charge in [0, 0.05) is 34.3 Å². The van der Waals surface area contributed by atoms with Gasteiger partial charge in [-0.15, -0.1) is 0 Å². The molecule has 2 aromatic carbocycles. The number of anilines is 1. The van der Waals surface area contributed by atoms with Gasteiger partial charge in [0.15, 0.2) is 5.72 Å². The smallest absolute Gasteiger partial charge is 0.325 e. The molecule has 0 aliphatic carbocycles. The first-order valence-electron chi connectivity index (χ1n) is 7.71. The summed E-state index contributed by atoms with van der Waals surface area (Å²) in [6, 6.07) is 11.2. The molecule has 128 valence electrons. The summed E-state index contributed by atoms with van der Waals surface area (Å²) in [4.78, 5) is 24.9. The van der Waals surface area contributed by atoms with E-state index in [-0.39, 0.29) is 17.8 Å². The van der Waals surface area contributed by atoms with Crippen molar-refractivity contribution in [3.8, 4) is 5.75 Å². The summed E-state index contributed by atoms with van der Waals surface area (Å²) in [5.74, 6) is 0.548. The third kappa shape index (κ3) is 2.53. The van der Waals surface area contributed by atoms with Crippen LogP contribution in [-0.4, -0.2) is 16.7 Å². The molecular formula is C17H14BrN3O4. The Balaban J connectivity index is 1.77. The lowest BCUT2D eigenvalue weighted by Crippen LogP contribution is -2.65. The number of halogens is 1. The van der Waals surface area contributed by atoms with Crippen LogP contribution in [0.2, 0.25) is 0 Å². The van der Waals surface area contributed by atoms with Crippen molar-refractivity contribution in [2.45, 2.75) is 25.1 Å². The molecule has 2 unspecified atom stereocenters. The van der Waals surface area contributed by atoms with E-state index in [1.165, 1.54) is 12.1 Å². The van der Waals surface area contributed by atoms with E-state index < -0.39 is 10.6 Å². The molecule has 4 rings (SSSR count). The third-order valence-electron chi connectivity index (χ3n) is 4.55. The predicted molar refractivity (Wildman–Crippen MR) is 94.6 cm³/mol. The number of fused-ring (bicyclic) bond motifs is 4. The third-order valence-corrected chi connectivity index (χ3v) is 5.08. The maximum Gasteiger partial charge on any atom is 0.325 e. The van der Waals surface area contributed by atoms with E-state index in [0.717, 1.165) is 4.47 Å². The molecule has 25 heavy (non-hydrogen) atoms. The quantitative estimate of drug-likeness (QED) is 0.603. The van der Waals surface area contributed by atoms with Crippen molar-refractivity contribution in [1.82, 2.24) is 5.32 Å². The number of amides is 2. The molecule has 2 aliphatic heterocycles. The molecule has 2 atom stereocenters. The van der Waals surface area contributed by atoms with Crippen LogP contribution in [0.3, 0.4) is 0 Å². The minimum atomic E-state index is -0.871. The number of nitro groups is 1. The van der Waals surface area contributed by atoms with E-state index in [1.54, 1.807) is 11.0 Å². The van der Waals surface area contributed by atoms with Gasteiger partial charge < -0.3 is 10.1 Å². The Morgan fingerprint density at radius 1 is 1.32 bits per heavy atom. The van der Waals surface area contributed by atoms with Crippen LogP contribution < -0.4 is 15.0 Å². The summed E-state index contributed by atoms with van der Waals surface area (Å²) in [6.45, 7) is 1.85. The van der Waals surface area contributed by atoms with Gasteiger partial charge in [-0.25, -0.2) is 4.79 Å². The zero-order valence-electron chi connectivity index (χ0n) is 13.2. The lowest BCUT2D eigenvalue weighted by Gasteiger charge is -2.50. The van der Waals surface area contributed by atoms with Crippen LogP contribution >= 0.6 is 15.9 Å². The van der Waals surface area contributed by atoms with Crippen LogP contribution in [-0.2, 0) is 0 Å². The van der Waals surface area contributed by atoms with E-state index in [0.29, 0.717) is 23.4 Å². The monoisotopic (exact) mass is 403 g/mol. The fraction of sp³-hybridized carbons (Fsp3) is 0.235.